The molecule has 0 spiro atoms. The van der Waals surface area contributed by atoms with Gasteiger partial charge >= 0.3 is 0 Å². The Bertz CT molecular complexity index is 1350. The molecule has 0 radical (unpaired) electrons. The SMILES string of the molecule is CCCCCCCCCCCCCCCCCC(=O)NC[C@H](NC(=O)CCCCCCCCCCCCCCC)C(=O)NC(C)(C)CCOC(C)(C)CCNC(=O)CCN1C(=O)CC(C)C1=O. The van der Waals surface area contributed by atoms with Crippen molar-refractivity contribution in [3.63, 3.8) is 0 Å². The third-order valence-electron chi connectivity index (χ3n) is 13.4. The van der Waals surface area contributed by atoms with E-state index in [4.69, 9.17) is 4.74 Å². The Kier molecular flexibility index (Phi) is 35.9. The van der Waals surface area contributed by atoms with Gasteiger partial charge in [-0.25, -0.2) is 0 Å². The number of unbranched alkanes of at least 4 members (excludes halogenated alkanes) is 26. The summed E-state index contributed by atoms with van der Waals surface area (Å²) in [6.45, 7) is 14.8. The predicted octanol–water partition coefficient (Wildman–Crippen LogP) is 11.7. The van der Waals surface area contributed by atoms with E-state index in [1.807, 2.05) is 27.7 Å². The Balaban J connectivity index is 2.51. The van der Waals surface area contributed by atoms with Crippen LogP contribution < -0.4 is 21.3 Å². The maximum absolute atomic E-state index is 13.8. The van der Waals surface area contributed by atoms with Crippen molar-refractivity contribution < 1.29 is 33.5 Å². The van der Waals surface area contributed by atoms with E-state index >= 15 is 0 Å². The molecule has 1 aliphatic heterocycles. The second kappa shape index (κ2) is 38.8. The van der Waals surface area contributed by atoms with Crippen molar-refractivity contribution in [2.75, 3.05) is 26.2 Å². The molecule has 0 aliphatic carbocycles. The first kappa shape index (κ1) is 62.0. The minimum atomic E-state index is -0.898. The van der Waals surface area contributed by atoms with Gasteiger partial charge in [0.2, 0.25) is 35.4 Å². The molecule has 1 aliphatic rings. The molecule has 67 heavy (non-hydrogen) atoms. The van der Waals surface area contributed by atoms with Crippen molar-refractivity contribution in [3.8, 4) is 0 Å². The average molecular weight is 946 g/mol. The van der Waals surface area contributed by atoms with Crippen LogP contribution in [0.1, 0.15) is 267 Å². The van der Waals surface area contributed by atoms with E-state index in [0.717, 1.165) is 38.5 Å². The molecule has 4 N–H and O–H groups in total. The van der Waals surface area contributed by atoms with Gasteiger partial charge in [-0.05, 0) is 53.4 Å². The summed E-state index contributed by atoms with van der Waals surface area (Å²) in [6.07, 6.45) is 36.9. The van der Waals surface area contributed by atoms with Gasteiger partial charge in [-0.15, -0.1) is 0 Å². The van der Waals surface area contributed by atoms with Gasteiger partial charge in [0.05, 0.1) is 5.60 Å². The maximum Gasteiger partial charge on any atom is 0.244 e. The molecule has 1 heterocycles. The van der Waals surface area contributed by atoms with Crippen molar-refractivity contribution in [2.24, 2.45) is 5.92 Å². The number of rotatable bonds is 45. The Morgan fingerprint density at radius 3 is 1.43 bits per heavy atom. The van der Waals surface area contributed by atoms with Crippen LogP contribution in [0, 0.1) is 5.92 Å². The lowest BCUT2D eigenvalue weighted by Crippen LogP contribution is -2.57. The largest absolute Gasteiger partial charge is 0.375 e. The van der Waals surface area contributed by atoms with Crippen LogP contribution in [0.25, 0.3) is 0 Å². The lowest BCUT2D eigenvalue weighted by Gasteiger charge is -2.32. The molecular formula is C55H103N5O7. The van der Waals surface area contributed by atoms with E-state index in [9.17, 15) is 28.8 Å². The normalized spacial score (nSPS) is 14.7. The Morgan fingerprint density at radius 1 is 0.582 bits per heavy atom. The summed E-state index contributed by atoms with van der Waals surface area (Å²) in [4.78, 5) is 77.7. The number of hydrogen-bond donors (Lipinski definition) is 4. The van der Waals surface area contributed by atoms with Gasteiger partial charge in [-0.3, -0.25) is 33.7 Å². The van der Waals surface area contributed by atoms with Gasteiger partial charge in [-0.1, -0.05) is 188 Å². The highest BCUT2D eigenvalue weighted by Gasteiger charge is 2.35. The first-order chi connectivity index (χ1) is 32.1. The molecular weight excluding hydrogens is 843 g/mol. The molecule has 0 saturated carbocycles. The fourth-order valence-electron chi connectivity index (χ4n) is 8.77. The number of carbonyl (C=O) groups excluding carboxylic acids is 6. The minimum Gasteiger partial charge on any atom is -0.375 e. The van der Waals surface area contributed by atoms with Crippen LogP contribution in [0.2, 0.25) is 0 Å². The molecule has 1 rings (SSSR count). The summed E-state index contributed by atoms with van der Waals surface area (Å²) in [5.41, 5.74) is -1.23. The molecule has 0 aromatic rings. The third kappa shape index (κ3) is 34.0. The molecule has 1 saturated heterocycles. The van der Waals surface area contributed by atoms with Crippen molar-refractivity contribution in [1.82, 2.24) is 26.2 Å². The summed E-state index contributed by atoms with van der Waals surface area (Å²) >= 11 is 0. The summed E-state index contributed by atoms with van der Waals surface area (Å²) in [5.74, 6) is -1.63. The first-order valence-corrected chi connectivity index (χ1v) is 27.7. The average Bonchev–Trinajstić information content (AvgIpc) is 3.52. The Morgan fingerprint density at radius 2 is 1.00 bits per heavy atom. The maximum atomic E-state index is 13.8. The van der Waals surface area contributed by atoms with Crippen LogP contribution in [0.4, 0.5) is 0 Å². The number of imide groups is 1. The Hall–Kier alpha value is -3.02. The number of nitrogens with one attached hydrogen (secondary N) is 4. The van der Waals surface area contributed by atoms with Gasteiger partial charge in [-0.2, -0.15) is 0 Å². The van der Waals surface area contributed by atoms with Crippen LogP contribution in [-0.4, -0.2) is 83.8 Å². The molecule has 0 bridgehead atoms. The smallest absolute Gasteiger partial charge is 0.244 e. The van der Waals surface area contributed by atoms with Crippen molar-refractivity contribution in [1.29, 1.82) is 0 Å². The van der Waals surface area contributed by atoms with E-state index in [1.54, 1.807) is 6.92 Å². The molecule has 1 fully saturated rings. The molecule has 1 unspecified atom stereocenters. The number of likely N-dealkylation sites (tertiary alicyclic amines) is 1. The Labute approximate surface area is 409 Å². The number of carbonyl (C=O) groups is 6. The van der Waals surface area contributed by atoms with Gasteiger partial charge in [0.25, 0.3) is 0 Å². The zero-order valence-electron chi connectivity index (χ0n) is 44.3. The second-order valence-corrected chi connectivity index (χ2v) is 21.2. The molecule has 0 aromatic heterocycles. The highest BCUT2D eigenvalue weighted by Crippen LogP contribution is 2.20. The quantitative estimate of drug-likeness (QED) is 0.0349. The second-order valence-electron chi connectivity index (χ2n) is 21.2. The molecule has 12 heteroatoms. The summed E-state index contributed by atoms with van der Waals surface area (Å²) in [6, 6.07) is -0.898. The molecule has 12 nitrogen and oxygen atoms in total. The van der Waals surface area contributed by atoms with Gasteiger partial charge in [0, 0.05) is 63.4 Å². The van der Waals surface area contributed by atoms with Crippen LogP contribution >= 0.6 is 0 Å². The third-order valence-corrected chi connectivity index (χ3v) is 13.4. The van der Waals surface area contributed by atoms with Crippen molar-refractivity contribution in [2.45, 2.75) is 284 Å². The highest BCUT2D eigenvalue weighted by molar-refractivity contribution is 6.03. The van der Waals surface area contributed by atoms with E-state index in [1.165, 1.54) is 146 Å². The van der Waals surface area contributed by atoms with E-state index < -0.39 is 17.2 Å². The van der Waals surface area contributed by atoms with Crippen LogP contribution in [0.15, 0.2) is 0 Å². The summed E-state index contributed by atoms with van der Waals surface area (Å²) < 4.78 is 6.20. The molecule has 2 atom stereocenters. The van der Waals surface area contributed by atoms with Crippen LogP contribution in [-0.2, 0) is 33.5 Å². The fourth-order valence-corrected chi connectivity index (χ4v) is 8.77. The van der Waals surface area contributed by atoms with Gasteiger partial charge < -0.3 is 26.0 Å². The van der Waals surface area contributed by atoms with Crippen molar-refractivity contribution in [3.05, 3.63) is 0 Å². The van der Waals surface area contributed by atoms with Gasteiger partial charge in [0.1, 0.15) is 6.04 Å². The minimum absolute atomic E-state index is 0.0306. The first-order valence-electron chi connectivity index (χ1n) is 27.7. The monoisotopic (exact) mass is 946 g/mol. The zero-order valence-corrected chi connectivity index (χ0v) is 44.3. The van der Waals surface area contributed by atoms with E-state index in [2.05, 4.69) is 35.1 Å². The van der Waals surface area contributed by atoms with Gasteiger partial charge in [0.15, 0.2) is 0 Å². The summed E-state index contributed by atoms with van der Waals surface area (Å²) in [7, 11) is 0. The predicted molar refractivity (Wildman–Crippen MR) is 274 cm³/mol. The van der Waals surface area contributed by atoms with Crippen molar-refractivity contribution >= 4 is 35.4 Å². The summed E-state index contributed by atoms with van der Waals surface area (Å²) in [5, 5.41) is 11.8. The van der Waals surface area contributed by atoms with E-state index in [0.29, 0.717) is 38.8 Å². The fraction of sp³-hybridized carbons (Fsp3) is 0.891. The number of amides is 6. The van der Waals surface area contributed by atoms with Crippen LogP contribution in [0.5, 0.6) is 0 Å². The van der Waals surface area contributed by atoms with E-state index in [-0.39, 0.29) is 67.3 Å². The lowest BCUT2D eigenvalue weighted by molar-refractivity contribution is -0.139. The molecule has 0 aromatic carbocycles. The zero-order chi connectivity index (χ0) is 49.6. The molecule has 6 amide bonds. The van der Waals surface area contributed by atoms with Crippen LogP contribution in [0.3, 0.4) is 0 Å². The standard InChI is InChI=1S/C55H103N5O7/c1-8-10-12-14-16-18-20-22-23-25-26-28-30-32-34-36-48(61)57-45-47(58-50(63)37-35-33-31-29-27-24-21-19-17-15-13-11-9-2)52(65)59-54(4,5)40-43-67-55(6,7)39-41-56-49(62)38-42-60-51(64)44-46(3)53(60)66/h46-47H,8-45H2,1-7H3,(H,56,62)(H,57,61)(H,58,63)(H,59,65)/t46?,47-/m0/s1. The lowest BCUT2D eigenvalue weighted by atomic mass is 9.99. The molecule has 390 valence electrons. The number of hydrogen-bond acceptors (Lipinski definition) is 7. The number of ether oxygens (including phenoxy) is 1. The number of nitrogens with zero attached hydrogens (tertiary/aromatic N) is 1. The topological polar surface area (TPSA) is 163 Å². The highest BCUT2D eigenvalue weighted by atomic mass is 16.5.